The molecule has 1 atom stereocenters. The Hall–Kier alpha value is -1.06. The van der Waals surface area contributed by atoms with E-state index < -0.39 is 5.97 Å². The number of amides is 1. The van der Waals surface area contributed by atoms with Gasteiger partial charge >= 0.3 is 5.97 Å². The Kier molecular flexibility index (Phi) is 9.33. The van der Waals surface area contributed by atoms with Crippen LogP contribution in [0.25, 0.3) is 0 Å². The third-order valence-corrected chi connectivity index (χ3v) is 3.32. The topological polar surface area (TPSA) is 57.6 Å². The van der Waals surface area contributed by atoms with Gasteiger partial charge in [-0.05, 0) is 18.8 Å². The SMILES string of the molecule is CCCCC(CC)CC(=O)N(C)CCCC(=O)O. The van der Waals surface area contributed by atoms with Crippen molar-refractivity contribution < 1.29 is 14.7 Å². The van der Waals surface area contributed by atoms with Crippen molar-refractivity contribution >= 4 is 11.9 Å². The van der Waals surface area contributed by atoms with Gasteiger partial charge in [0.25, 0.3) is 0 Å². The number of nitrogens with zero attached hydrogens (tertiary/aromatic N) is 1. The summed E-state index contributed by atoms with van der Waals surface area (Å²) < 4.78 is 0. The van der Waals surface area contributed by atoms with Crippen LogP contribution in [0.15, 0.2) is 0 Å². The summed E-state index contributed by atoms with van der Waals surface area (Å²) in [5.74, 6) is -0.187. The smallest absolute Gasteiger partial charge is 0.303 e. The van der Waals surface area contributed by atoms with E-state index in [0.717, 1.165) is 12.8 Å². The van der Waals surface area contributed by atoms with Gasteiger partial charge in [-0.15, -0.1) is 0 Å². The van der Waals surface area contributed by atoms with Gasteiger partial charge in [0.1, 0.15) is 0 Å². The van der Waals surface area contributed by atoms with Crippen molar-refractivity contribution in [2.45, 2.75) is 58.8 Å². The van der Waals surface area contributed by atoms with E-state index in [1.165, 1.54) is 12.8 Å². The Bertz CT molecular complexity index is 253. The van der Waals surface area contributed by atoms with E-state index in [1.807, 2.05) is 0 Å². The minimum Gasteiger partial charge on any atom is -0.481 e. The van der Waals surface area contributed by atoms with Crippen molar-refractivity contribution in [2.75, 3.05) is 13.6 Å². The maximum atomic E-state index is 11.9. The van der Waals surface area contributed by atoms with Gasteiger partial charge in [-0.1, -0.05) is 33.1 Å². The van der Waals surface area contributed by atoms with Crippen molar-refractivity contribution in [1.82, 2.24) is 4.90 Å². The molecule has 0 aliphatic carbocycles. The molecule has 1 unspecified atom stereocenters. The van der Waals surface area contributed by atoms with Crippen LogP contribution in [-0.2, 0) is 9.59 Å². The van der Waals surface area contributed by atoms with Crippen LogP contribution in [0, 0.1) is 5.92 Å². The first-order chi connectivity index (χ1) is 8.51. The molecule has 0 saturated carbocycles. The highest BCUT2D eigenvalue weighted by molar-refractivity contribution is 5.76. The van der Waals surface area contributed by atoms with E-state index >= 15 is 0 Å². The average molecular weight is 257 g/mol. The monoisotopic (exact) mass is 257 g/mol. The fourth-order valence-corrected chi connectivity index (χ4v) is 1.94. The van der Waals surface area contributed by atoms with Crippen molar-refractivity contribution in [3.05, 3.63) is 0 Å². The van der Waals surface area contributed by atoms with E-state index in [2.05, 4.69) is 13.8 Å². The first-order valence-electron chi connectivity index (χ1n) is 6.96. The fraction of sp³-hybridized carbons (Fsp3) is 0.857. The van der Waals surface area contributed by atoms with Crippen LogP contribution in [0.1, 0.15) is 58.8 Å². The Morgan fingerprint density at radius 1 is 1.22 bits per heavy atom. The van der Waals surface area contributed by atoms with Gasteiger partial charge in [-0.2, -0.15) is 0 Å². The van der Waals surface area contributed by atoms with Crippen LogP contribution in [0.5, 0.6) is 0 Å². The molecule has 0 radical (unpaired) electrons. The Morgan fingerprint density at radius 3 is 2.39 bits per heavy atom. The van der Waals surface area contributed by atoms with E-state index in [4.69, 9.17) is 5.11 Å². The molecule has 0 bridgehead atoms. The van der Waals surface area contributed by atoms with Crippen molar-refractivity contribution in [3.63, 3.8) is 0 Å². The molecule has 0 rings (SSSR count). The zero-order valence-corrected chi connectivity index (χ0v) is 11.9. The minimum atomic E-state index is -0.801. The molecule has 0 aromatic rings. The Labute approximate surface area is 110 Å². The average Bonchev–Trinajstić information content (AvgIpc) is 2.33. The largest absolute Gasteiger partial charge is 0.481 e. The molecule has 0 spiro atoms. The Morgan fingerprint density at radius 2 is 1.89 bits per heavy atom. The highest BCUT2D eigenvalue weighted by atomic mass is 16.4. The van der Waals surface area contributed by atoms with E-state index in [9.17, 15) is 9.59 Å². The van der Waals surface area contributed by atoms with Gasteiger partial charge < -0.3 is 10.0 Å². The number of carboxylic acid groups (broad SMARTS) is 1. The Balaban J connectivity index is 3.92. The molecule has 1 N–H and O–H groups in total. The lowest BCUT2D eigenvalue weighted by molar-refractivity contribution is -0.138. The molecule has 0 heterocycles. The number of hydrogen-bond donors (Lipinski definition) is 1. The van der Waals surface area contributed by atoms with Crippen molar-refractivity contribution in [2.24, 2.45) is 5.92 Å². The standard InChI is InChI=1S/C14H27NO3/c1-4-6-8-12(5-2)11-13(16)15(3)10-7-9-14(17)18/h12H,4-11H2,1-3H3,(H,17,18). The van der Waals surface area contributed by atoms with E-state index in [0.29, 0.717) is 25.3 Å². The van der Waals surface area contributed by atoms with Crippen molar-refractivity contribution in [3.8, 4) is 0 Å². The van der Waals surface area contributed by atoms with Gasteiger partial charge in [-0.3, -0.25) is 9.59 Å². The minimum absolute atomic E-state index is 0.130. The van der Waals surface area contributed by atoms with Gasteiger partial charge in [-0.25, -0.2) is 0 Å². The second kappa shape index (κ2) is 9.92. The fourth-order valence-electron chi connectivity index (χ4n) is 1.94. The van der Waals surface area contributed by atoms with Gasteiger partial charge in [0.05, 0.1) is 0 Å². The normalized spacial score (nSPS) is 12.2. The summed E-state index contributed by atoms with van der Waals surface area (Å²) in [6.45, 7) is 4.82. The van der Waals surface area contributed by atoms with Crippen LogP contribution < -0.4 is 0 Å². The summed E-state index contributed by atoms with van der Waals surface area (Å²) in [7, 11) is 1.76. The molecule has 106 valence electrons. The second-order valence-electron chi connectivity index (χ2n) is 4.93. The van der Waals surface area contributed by atoms with E-state index in [-0.39, 0.29) is 12.3 Å². The number of unbranched alkanes of at least 4 members (excludes halogenated alkanes) is 1. The molecule has 4 heteroatoms. The summed E-state index contributed by atoms with van der Waals surface area (Å²) in [6.07, 6.45) is 5.75. The number of hydrogen-bond acceptors (Lipinski definition) is 2. The van der Waals surface area contributed by atoms with E-state index in [1.54, 1.807) is 11.9 Å². The zero-order chi connectivity index (χ0) is 14.0. The maximum absolute atomic E-state index is 11.9. The molecule has 1 amide bonds. The molecule has 0 aromatic carbocycles. The van der Waals surface area contributed by atoms with Crippen LogP contribution in [-0.4, -0.2) is 35.5 Å². The van der Waals surface area contributed by atoms with Gasteiger partial charge in [0, 0.05) is 26.4 Å². The quantitative estimate of drug-likeness (QED) is 0.654. The molecule has 0 aromatic heterocycles. The number of rotatable bonds is 10. The molecule has 4 nitrogen and oxygen atoms in total. The van der Waals surface area contributed by atoms with Crippen LogP contribution in [0.3, 0.4) is 0 Å². The molecular weight excluding hydrogens is 230 g/mol. The van der Waals surface area contributed by atoms with Gasteiger partial charge in [0.2, 0.25) is 5.91 Å². The lowest BCUT2D eigenvalue weighted by Gasteiger charge is -2.20. The number of aliphatic carboxylic acids is 1. The first-order valence-corrected chi connectivity index (χ1v) is 6.96. The van der Waals surface area contributed by atoms with Crippen LogP contribution in [0.2, 0.25) is 0 Å². The summed E-state index contributed by atoms with van der Waals surface area (Å²) in [6, 6.07) is 0. The highest BCUT2D eigenvalue weighted by Crippen LogP contribution is 2.17. The third-order valence-electron chi connectivity index (χ3n) is 3.32. The first kappa shape index (κ1) is 16.9. The molecule has 0 aliphatic heterocycles. The molecular formula is C14H27NO3. The maximum Gasteiger partial charge on any atom is 0.303 e. The zero-order valence-electron chi connectivity index (χ0n) is 11.9. The van der Waals surface area contributed by atoms with Crippen molar-refractivity contribution in [1.29, 1.82) is 0 Å². The molecule has 0 fully saturated rings. The second-order valence-corrected chi connectivity index (χ2v) is 4.93. The molecule has 18 heavy (non-hydrogen) atoms. The third kappa shape index (κ3) is 8.09. The predicted octanol–water partition coefficient (Wildman–Crippen LogP) is 2.92. The van der Waals surface area contributed by atoms with Crippen LogP contribution >= 0.6 is 0 Å². The summed E-state index contributed by atoms with van der Waals surface area (Å²) in [5, 5.41) is 8.54. The summed E-state index contributed by atoms with van der Waals surface area (Å²) >= 11 is 0. The number of carbonyl (C=O) groups excluding carboxylic acids is 1. The number of carbonyl (C=O) groups is 2. The number of carboxylic acids is 1. The van der Waals surface area contributed by atoms with Crippen LogP contribution in [0.4, 0.5) is 0 Å². The highest BCUT2D eigenvalue weighted by Gasteiger charge is 2.15. The lowest BCUT2D eigenvalue weighted by atomic mass is 9.95. The summed E-state index contributed by atoms with van der Waals surface area (Å²) in [5.41, 5.74) is 0. The summed E-state index contributed by atoms with van der Waals surface area (Å²) in [4.78, 5) is 24.0. The lowest BCUT2D eigenvalue weighted by Crippen LogP contribution is -2.29. The molecule has 0 saturated heterocycles. The predicted molar refractivity (Wildman–Crippen MR) is 72.4 cm³/mol. The molecule has 0 aliphatic rings. The van der Waals surface area contributed by atoms with Gasteiger partial charge in [0.15, 0.2) is 0 Å².